The molecule has 0 aromatic rings. The predicted molar refractivity (Wildman–Crippen MR) is 77.7 cm³/mol. The fourth-order valence-corrected chi connectivity index (χ4v) is 4.02. The van der Waals surface area contributed by atoms with Crippen molar-refractivity contribution in [3.8, 4) is 0 Å². The van der Waals surface area contributed by atoms with Crippen LogP contribution in [0.5, 0.6) is 0 Å². The van der Waals surface area contributed by atoms with Gasteiger partial charge in [0.05, 0.1) is 0 Å². The zero-order chi connectivity index (χ0) is 13.2. The van der Waals surface area contributed by atoms with Crippen molar-refractivity contribution in [2.75, 3.05) is 33.2 Å². The lowest BCUT2D eigenvalue weighted by Crippen LogP contribution is -2.46. The van der Waals surface area contributed by atoms with Gasteiger partial charge in [0.15, 0.2) is 0 Å². The van der Waals surface area contributed by atoms with Crippen LogP contribution in [0.2, 0.25) is 0 Å². The number of nitrogens with zero attached hydrogens (tertiary/aromatic N) is 2. The molecule has 0 aromatic heterocycles. The van der Waals surface area contributed by atoms with Crippen molar-refractivity contribution in [3.63, 3.8) is 0 Å². The van der Waals surface area contributed by atoms with E-state index in [1.165, 1.54) is 58.3 Å². The van der Waals surface area contributed by atoms with Gasteiger partial charge in [-0.3, -0.25) is 4.90 Å². The Labute approximate surface area is 113 Å². The molecule has 18 heavy (non-hydrogen) atoms. The van der Waals surface area contributed by atoms with E-state index in [2.05, 4.69) is 30.7 Å². The van der Waals surface area contributed by atoms with Gasteiger partial charge in [-0.25, -0.2) is 0 Å². The first-order chi connectivity index (χ1) is 8.55. The number of nitrogens with two attached hydrogens (primary N) is 1. The summed E-state index contributed by atoms with van der Waals surface area (Å²) >= 11 is 0. The molecule has 3 atom stereocenters. The smallest absolute Gasteiger partial charge is 0.0223 e. The molecule has 1 saturated carbocycles. The van der Waals surface area contributed by atoms with Crippen LogP contribution in [0.15, 0.2) is 0 Å². The molecule has 2 fully saturated rings. The van der Waals surface area contributed by atoms with Crippen LogP contribution in [0.25, 0.3) is 0 Å². The largest absolute Gasteiger partial charge is 0.327 e. The van der Waals surface area contributed by atoms with Gasteiger partial charge in [0.2, 0.25) is 0 Å². The van der Waals surface area contributed by atoms with E-state index in [0.717, 1.165) is 6.04 Å². The second-order valence-electron chi connectivity index (χ2n) is 6.77. The minimum atomic E-state index is 0.352. The van der Waals surface area contributed by atoms with Gasteiger partial charge in [0.25, 0.3) is 0 Å². The number of hydrogen-bond donors (Lipinski definition) is 1. The van der Waals surface area contributed by atoms with Crippen LogP contribution in [0, 0.1) is 5.41 Å². The van der Waals surface area contributed by atoms with E-state index in [9.17, 15) is 0 Å². The maximum absolute atomic E-state index is 6.29. The van der Waals surface area contributed by atoms with Crippen molar-refractivity contribution in [1.82, 2.24) is 9.80 Å². The molecule has 0 aromatic carbocycles. The Morgan fingerprint density at radius 2 is 2.11 bits per heavy atom. The third kappa shape index (κ3) is 3.06. The third-order valence-corrected chi connectivity index (χ3v) is 5.22. The van der Waals surface area contributed by atoms with Crippen LogP contribution >= 0.6 is 0 Å². The van der Waals surface area contributed by atoms with E-state index in [0.29, 0.717) is 11.5 Å². The number of rotatable bonds is 5. The average Bonchev–Trinajstić information content (AvgIpc) is 2.87. The van der Waals surface area contributed by atoms with Crippen molar-refractivity contribution >= 4 is 0 Å². The summed E-state index contributed by atoms with van der Waals surface area (Å²) in [6, 6.07) is 1.19. The maximum Gasteiger partial charge on any atom is 0.0223 e. The number of hydrogen-bond acceptors (Lipinski definition) is 3. The zero-order valence-corrected chi connectivity index (χ0v) is 12.5. The highest BCUT2D eigenvalue weighted by molar-refractivity contribution is 4.94. The topological polar surface area (TPSA) is 32.5 Å². The van der Waals surface area contributed by atoms with Gasteiger partial charge >= 0.3 is 0 Å². The maximum atomic E-state index is 6.29. The molecule has 0 amide bonds. The molecule has 1 aliphatic carbocycles. The quantitative estimate of drug-likeness (QED) is 0.812. The van der Waals surface area contributed by atoms with Crippen molar-refractivity contribution < 1.29 is 0 Å². The van der Waals surface area contributed by atoms with Gasteiger partial charge in [0, 0.05) is 25.2 Å². The van der Waals surface area contributed by atoms with Gasteiger partial charge < -0.3 is 10.6 Å². The molecule has 0 spiro atoms. The lowest BCUT2D eigenvalue weighted by molar-refractivity contribution is 0.139. The number of likely N-dealkylation sites (N-methyl/N-ethyl adjacent to an activating group) is 2. The summed E-state index contributed by atoms with van der Waals surface area (Å²) in [4.78, 5) is 5.16. The Kier molecular flexibility index (Phi) is 4.68. The fraction of sp³-hybridized carbons (Fsp3) is 1.00. The normalized spacial score (nSPS) is 37.8. The molecule has 3 unspecified atom stereocenters. The molecule has 3 nitrogen and oxygen atoms in total. The standard InChI is InChI=1S/C15H31N3/c1-4-18-10-6-7-13(18)11-17(3)12-15(2)9-5-8-14(15)16/h13-14H,4-12,16H2,1-3H3. The first-order valence-corrected chi connectivity index (χ1v) is 7.73. The summed E-state index contributed by atoms with van der Waals surface area (Å²) in [6.45, 7) is 9.55. The van der Waals surface area contributed by atoms with Crippen LogP contribution in [-0.4, -0.2) is 55.1 Å². The number of likely N-dealkylation sites (tertiary alicyclic amines) is 1. The predicted octanol–water partition coefficient (Wildman–Crippen LogP) is 1.92. The van der Waals surface area contributed by atoms with Crippen molar-refractivity contribution in [2.24, 2.45) is 11.1 Å². The highest BCUT2D eigenvalue weighted by Gasteiger charge is 2.37. The van der Waals surface area contributed by atoms with Gasteiger partial charge in [-0.05, 0) is 51.2 Å². The Morgan fingerprint density at radius 3 is 2.72 bits per heavy atom. The lowest BCUT2D eigenvalue weighted by Gasteiger charge is -2.36. The molecule has 2 N–H and O–H groups in total. The lowest BCUT2D eigenvalue weighted by atomic mass is 9.84. The molecule has 1 aliphatic heterocycles. The minimum absolute atomic E-state index is 0.352. The summed E-state index contributed by atoms with van der Waals surface area (Å²) < 4.78 is 0. The van der Waals surface area contributed by atoms with Crippen molar-refractivity contribution in [1.29, 1.82) is 0 Å². The Hall–Kier alpha value is -0.120. The molecule has 0 radical (unpaired) electrons. The van der Waals surface area contributed by atoms with E-state index in [4.69, 9.17) is 5.73 Å². The molecule has 0 bridgehead atoms. The van der Waals surface area contributed by atoms with Gasteiger partial charge in [-0.1, -0.05) is 20.3 Å². The summed E-state index contributed by atoms with van der Waals surface area (Å²) in [6.07, 6.45) is 6.59. The summed E-state index contributed by atoms with van der Waals surface area (Å²) in [5, 5.41) is 0. The molecule has 2 rings (SSSR count). The van der Waals surface area contributed by atoms with E-state index < -0.39 is 0 Å². The molecule has 3 heteroatoms. The zero-order valence-electron chi connectivity index (χ0n) is 12.5. The van der Waals surface area contributed by atoms with Crippen LogP contribution in [0.1, 0.15) is 46.0 Å². The average molecular weight is 253 g/mol. The molecular formula is C15H31N3. The van der Waals surface area contributed by atoms with E-state index in [1.54, 1.807) is 0 Å². The first kappa shape index (κ1) is 14.3. The van der Waals surface area contributed by atoms with Gasteiger partial charge in [0.1, 0.15) is 0 Å². The summed E-state index contributed by atoms with van der Waals surface area (Å²) in [7, 11) is 2.28. The van der Waals surface area contributed by atoms with E-state index in [-0.39, 0.29) is 0 Å². The second kappa shape index (κ2) is 5.89. The molecule has 106 valence electrons. The van der Waals surface area contributed by atoms with Gasteiger partial charge in [-0.15, -0.1) is 0 Å². The van der Waals surface area contributed by atoms with Gasteiger partial charge in [-0.2, -0.15) is 0 Å². The monoisotopic (exact) mass is 253 g/mol. The van der Waals surface area contributed by atoms with Crippen LogP contribution in [-0.2, 0) is 0 Å². The van der Waals surface area contributed by atoms with Crippen LogP contribution < -0.4 is 5.73 Å². The molecule has 1 heterocycles. The highest BCUT2D eigenvalue weighted by atomic mass is 15.2. The van der Waals surface area contributed by atoms with Crippen molar-refractivity contribution in [2.45, 2.75) is 58.0 Å². The van der Waals surface area contributed by atoms with Crippen LogP contribution in [0.3, 0.4) is 0 Å². The minimum Gasteiger partial charge on any atom is -0.327 e. The summed E-state index contributed by atoms with van der Waals surface area (Å²) in [5.41, 5.74) is 6.64. The highest BCUT2D eigenvalue weighted by Crippen LogP contribution is 2.37. The third-order valence-electron chi connectivity index (χ3n) is 5.22. The Bertz CT molecular complexity index is 268. The van der Waals surface area contributed by atoms with Crippen LogP contribution in [0.4, 0.5) is 0 Å². The SMILES string of the molecule is CCN1CCCC1CN(C)CC1(C)CCCC1N. The second-order valence-corrected chi connectivity index (χ2v) is 6.77. The molecular weight excluding hydrogens is 222 g/mol. The van der Waals surface area contributed by atoms with Crippen molar-refractivity contribution in [3.05, 3.63) is 0 Å². The Morgan fingerprint density at radius 1 is 1.33 bits per heavy atom. The molecule has 2 aliphatic rings. The fourth-order valence-electron chi connectivity index (χ4n) is 4.02. The Balaban J connectivity index is 1.83. The first-order valence-electron chi connectivity index (χ1n) is 7.73. The molecule has 1 saturated heterocycles. The van der Waals surface area contributed by atoms with E-state index >= 15 is 0 Å². The van der Waals surface area contributed by atoms with E-state index in [1.807, 2.05) is 0 Å². The summed E-state index contributed by atoms with van der Waals surface area (Å²) in [5.74, 6) is 0.